The first-order chi connectivity index (χ1) is 10.6. The van der Waals surface area contributed by atoms with Gasteiger partial charge in [-0.3, -0.25) is 4.79 Å². The predicted octanol–water partition coefficient (Wildman–Crippen LogP) is 3.71. The van der Waals surface area contributed by atoms with Crippen LogP contribution >= 0.6 is 0 Å². The summed E-state index contributed by atoms with van der Waals surface area (Å²) in [5.74, 6) is 2.25. The van der Waals surface area contributed by atoms with Crippen molar-refractivity contribution in [3.05, 3.63) is 30.1 Å². The molecule has 1 N–H and O–H groups in total. The van der Waals surface area contributed by atoms with Gasteiger partial charge in [0.05, 0.1) is 11.0 Å². The summed E-state index contributed by atoms with van der Waals surface area (Å²) in [5, 5.41) is 0. The van der Waals surface area contributed by atoms with Gasteiger partial charge >= 0.3 is 0 Å². The number of hydrogen-bond donors (Lipinski definition) is 1. The molecule has 118 valence electrons. The van der Waals surface area contributed by atoms with Crippen LogP contribution in [0.25, 0.3) is 11.0 Å². The Bertz CT molecular complexity index is 614. The summed E-state index contributed by atoms with van der Waals surface area (Å²) >= 11 is 0. The quantitative estimate of drug-likeness (QED) is 0.935. The summed E-state index contributed by atoms with van der Waals surface area (Å²) in [4.78, 5) is 22.5. The van der Waals surface area contributed by atoms with Crippen molar-refractivity contribution in [3.63, 3.8) is 0 Å². The summed E-state index contributed by atoms with van der Waals surface area (Å²) in [7, 11) is 0. The lowest BCUT2D eigenvalue weighted by Crippen LogP contribution is -2.39. The molecule has 1 aliphatic rings. The molecule has 1 aliphatic heterocycles. The van der Waals surface area contributed by atoms with E-state index in [4.69, 9.17) is 4.98 Å². The van der Waals surface area contributed by atoms with E-state index in [-0.39, 0.29) is 0 Å². The fourth-order valence-corrected chi connectivity index (χ4v) is 3.16. The molecule has 2 heterocycles. The molecule has 2 aromatic rings. The smallest absolute Gasteiger partial charge is 0.222 e. The predicted molar refractivity (Wildman–Crippen MR) is 88.7 cm³/mol. The molecule has 0 aliphatic carbocycles. The average molecular weight is 299 g/mol. The lowest BCUT2D eigenvalue weighted by molar-refractivity contribution is -0.132. The molecule has 1 aromatic carbocycles. The van der Waals surface area contributed by atoms with Gasteiger partial charge in [-0.1, -0.05) is 26.0 Å². The minimum Gasteiger partial charge on any atom is -0.342 e. The molecule has 1 aromatic heterocycles. The van der Waals surface area contributed by atoms with Crippen LogP contribution in [0.1, 0.15) is 51.3 Å². The van der Waals surface area contributed by atoms with Crippen LogP contribution in [0.15, 0.2) is 24.3 Å². The highest BCUT2D eigenvalue weighted by atomic mass is 16.2. The molecule has 3 rings (SSSR count). The zero-order valence-electron chi connectivity index (χ0n) is 13.5. The summed E-state index contributed by atoms with van der Waals surface area (Å²) in [5.41, 5.74) is 2.10. The molecule has 1 atom stereocenters. The van der Waals surface area contributed by atoms with Crippen LogP contribution in [0.2, 0.25) is 0 Å². The molecule has 0 radical (unpaired) electrons. The molecule has 4 heteroatoms. The van der Waals surface area contributed by atoms with Gasteiger partial charge in [0.2, 0.25) is 5.91 Å². The van der Waals surface area contributed by atoms with Gasteiger partial charge in [-0.05, 0) is 37.3 Å². The number of aromatic nitrogens is 2. The standard InChI is InChI=1S/C18H25N3O/c1-13(2)9-10-17(22)21-11-5-6-14(12-21)18-19-15-7-3-4-8-16(15)20-18/h3-4,7-8,13-14H,5-6,9-12H2,1-2H3,(H,19,20)/t14-/m1/s1. The van der Waals surface area contributed by atoms with Crippen molar-refractivity contribution < 1.29 is 4.79 Å². The topological polar surface area (TPSA) is 49.0 Å². The molecule has 0 bridgehead atoms. The molecular weight excluding hydrogens is 274 g/mol. The molecule has 0 spiro atoms. The third-order valence-corrected chi connectivity index (χ3v) is 4.50. The Morgan fingerprint density at radius 1 is 1.41 bits per heavy atom. The zero-order chi connectivity index (χ0) is 15.5. The van der Waals surface area contributed by atoms with Crippen LogP contribution in [-0.4, -0.2) is 33.9 Å². The van der Waals surface area contributed by atoms with Crippen LogP contribution in [0, 0.1) is 5.92 Å². The van der Waals surface area contributed by atoms with Crippen LogP contribution in [0.5, 0.6) is 0 Å². The number of H-pyrrole nitrogens is 1. The molecule has 0 saturated carbocycles. The Balaban J connectivity index is 1.68. The van der Waals surface area contributed by atoms with Crippen molar-refractivity contribution in [3.8, 4) is 0 Å². The van der Waals surface area contributed by atoms with Crippen molar-refractivity contribution in [2.24, 2.45) is 5.92 Å². The third-order valence-electron chi connectivity index (χ3n) is 4.50. The largest absolute Gasteiger partial charge is 0.342 e. The van der Waals surface area contributed by atoms with E-state index in [1.54, 1.807) is 0 Å². The molecule has 0 unspecified atom stereocenters. The first-order valence-electron chi connectivity index (χ1n) is 8.36. The van der Waals surface area contributed by atoms with E-state index < -0.39 is 0 Å². The molecule has 1 fully saturated rings. The summed E-state index contributed by atoms with van der Waals surface area (Å²) in [6.45, 7) is 6.03. The van der Waals surface area contributed by atoms with Gasteiger partial charge in [0, 0.05) is 25.4 Å². The zero-order valence-corrected chi connectivity index (χ0v) is 13.5. The Hall–Kier alpha value is -1.84. The SMILES string of the molecule is CC(C)CCC(=O)N1CCC[C@@H](c2nc3ccccc3[nH]2)C1. The summed E-state index contributed by atoms with van der Waals surface area (Å²) < 4.78 is 0. The van der Waals surface area contributed by atoms with Crippen LogP contribution < -0.4 is 0 Å². The first kappa shape index (κ1) is 15.1. The van der Waals surface area contributed by atoms with Crippen molar-refractivity contribution in [1.82, 2.24) is 14.9 Å². The van der Waals surface area contributed by atoms with E-state index in [0.29, 0.717) is 24.2 Å². The number of likely N-dealkylation sites (tertiary alicyclic amines) is 1. The van der Waals surface area contributed by atoms with Crippen LogP contribution in [0.3, 0.4) is 0 Å². The Morgan fingerprint density at radius 3 is 3.00 bits per heavy atom. The van der Waals surface area contributed by atoms with Gasteiger partial charge in [-0.15, -0.1) is 0 Å². The normalized spacial score (nSPS) is 19.0. The van der Waals surface area contributed by atoms with E-state index in [1.165, 1.54) is 0 Å². The molecule has 1 saturated heterocycles. The Kier molecular flexibility index (Phi) is 4.46. The lowest BCUT2D eigenvalue weighted by Gasteiger charge is -2.32. The van der Waals surface area contributed by atoms with E-state index in [0.717, 1.165) is 49.2 Å². The van der Waals surface area contributed by atoms with Gasteiger partial charge in [0.1, 0.15) is 5.82 Å². The number of amides is 1. The number of rotatable bonds is 4. The van der Waals surface area contributed by atoms with E-state index in [2.05, 4.69) is 24.9 Å². The second-order valence-electron chi connectivity index (χ2n) is 6.75. The van der Waals surface area contributed by atoms with Crippen LogP contribution in [0.4, 0.5) is 0 Å². The second-order valence-corrected chi connectivity index (χ2v) is 6.75. The monoisotopic (exact) mass is 299 g/mol. The number of carbonyl (C=O) groups excluding carboxylic acids is 1. The summed E-state index contributed by atoms with van der Waals surface area (Å²) in [6, 6.07) is 8.12. The molecule has 1 amide bonds. The van der Waals surface area contributed by atoms with Crippen molar-refractivity contribution in [2.75, 3.05) is 13.1 Å². The van der Waals surface area contributed by atoms with Crippen molar-refractivity contribution in [1.29, 1.82) is 0 Å². The maximum Gasteiger partial charge on any atom is 0.222 e. The Morgan fingerprint density at radius 2 is 2.23 bits per heavy atom. The third kappa shape index (κ3) is 3.32. The van der Waals surface area contributed by atoms with Gasteiger partial charge in [-0.25, -0.2) is 4.98 Å². The average Bonchev–Trinajstić information content (AvgIpc) is 2.96. The number of hydrogen-bond acceptors (Lipinski definition) is 2. The summed E-state index contributed by atoms with van der Waals surface area (Å²) in [6.07, 6.45) is 3.82. The number of fused-ring (bicyclic) bond motifs is 1. The number of benzene rings is 1. The molecule has 22 heavy (non-hydrogen) atoms. The number of carbonyl (C=O) groups is 1. The van der Waals surface area contributed by atoms with E-state index in [9.17, 15) is 4.79 Å². The van der Waals surface area contributed by atoms with Crippen molar-refractivity contribution >= 4 is 16.9 Å². The fourth-order valence-electron chi connectivity index (χ4n) is 3.16. The second kappa shape index (κ2) is 6.51. The number of piperidine rings is 1. The maximum atomic E-state index is 12.3. The first-order valence-corrected chi connectivity index (χ1v) is 8.36. The van der Waals surface area contributed by atoms with E-state index >= 15 is 0 Å². The lowest BCUT2D eigenvalue weighted by atomic mass is 9.96. The molecular formula is C18H25N3O. The van der Waals surface area contributed by atoms with Crippen LogP contribution in [-0.2, 0) is 4.79 Å². The number of aromatic amines is 1. The van der Waals surface area contributed by atoms with Gasteiger partial charge in [0.25, 0.3) is 0 Å². The number of para-hydroxylation sites is 2. The Labute approximate surface area is 131 Å². The minimum absolute atomic E-state index is 0.300. The fraction of sp³-hybridized carbons (Fsp3) is 0.556. The van der Waals surface area contributed by atoms with Gasteiger partial charge in [-0.2, -0.15) is 0 Å². The van der Waals surface area contributed by atoms with Crippen molar-refractivity contribution in [2.45, 2.75) is 45.4 Å². The highest BCUT2D eigenvalue weighted by Gasteiger charge is 2.26. The molecule has 4 nitrogen and oxygen atoms in total. The number of imidazole rings is 1. The number of nitrogens with zero attached hydrogens (tertiary/aromatic N) is 2. The van der Waals surface area contributed by atoms with E-state index in [1.807, 2.05) is 23.1 Å². The van der Waals surface area contributed by atoms with Gasteiger partial charge in [0.15, 0.2) is 0 Å². The van der Waals surface area contributed by atoms with Gasteiger partial charge < -0.3 is 9.88 Å². The maximum absolute atomic E-state index is 12.3. The highest BCUT2D eigenvalue weighted by molar-refractivity contribution is 5.77. The number of nitrogens with one attached hydrogen (secondary N) is 1. The minimum atomic E-state index is 0.300. The highest BCUT2D eigenvalue weighted by Crippen LogP contribution is 2.27.